The maximum absolute atomic E-state index is 12.5. The molecule has 5 heteroatoms. The minimum absolute atomic E-state index is 0.110. The van der Waals surface area contributed by atoms with Gasteiger partial charge < -0.3 is 9.88 Å². The number of pyridine rings is 1. The number of carbonyl (C=O) groups is 1. The first kappa shape index (κ1) is 13.8. The predicted octanol–water partition coefficient (Wildman–Crippen LogP) is 2.49. The summed E-state index contributed by atoms with van der Waals surface area (Å²) < 4.78 is 0. The van der Waals surface area contributed by atoms with Gasteiger partial charge in [0.1, 0.15) is 5.82 Å². The molecule has 1 aliphatic heterocycles. The fraction of sp³-hybridized carbons (Fsp3) is 0.438. The fourth-order valence-electron chi connectivity index (χ4n) is 2.92. The van der Waals surface area contributed by atoms with E-state index >= 15 is 0 Å². The zero-order chi connectivity index (χ0) is 14.5. The van der Waals surface area contributed by atoms with Crippen molar-refractivity contribution in [2.75, 3.05) is 6.54 Å². The van der Waals surface area contributed by atoms with Crippen molar-refractivity contribution in [3.05, 3.63) is 48.3 Å². The van der Waals surface area contributed by atoms with Gasteiger partial charge in [-0.2, -0.15) is 0 Å². The summed E-state index contributed by atoms with van der Waals surface area (Å²) in [7, 11) is 0. The molecule has 0 radical (unpaired) electrons. The van der Waals surface area contributed by atoms with Crippen LogP contribution in [0.3, 0.4) is 0 Å². The van der Waals surface area contributed by atoms with Crippen LogP contribution >= 0.6 is 0 Å². The van der Waals surface area contributed by atoms with Crippen molar-refractivity contribution >= 4 is 5.91 Å². The number of likely N-dealkylation sites (tertiary alicyclic amines) is 1. The molecular weight excluding hydrogens is 264 g/mol. The molecule has 1 atom stereocenters. The van der Waals surface area contributed by atoms with Crippen molar-refractivity contribution in [1.29, 1.82) is 0 Å². The minimum atomic E-state index is 0.110. The van der Waals surface area contributed by atoms with E-state index in [1.165, 1.54) is 0 Å². The van der Waals surface area contributed by atoms with E-state index in [-0.39, 0.29) is 11.9 Å². The zero-order valence-corrected chi connectivity index (χ0v) is 12.0. The lowest BCUT2D eigenvalue weighted by Crippen LogP contribution is -2.39. The molecule has 3 rings (SSSR count). The molecule has 2 aromatic heterocycles. The molecule has 0 aliphatic carbocycles. The number of nitrogens with zero attached hydrogens (tertiary/aromatic N) is 3. The molecule has 0 saturated carbocycles. The first-order valence-electron chi connectivity index (χ1n) is 7.52. The largest absolute Gasteiger partial charge is 0.347 e. The number of H-pyrrole nitrogens is 1. The Morgan fingerprint density at radius 1 is 1.29 bits per heavy atom. The SMILES string of the molecule is O=C(CCc1ccncc1)N1CCCCC1c1ncc[nH]1. The minimum Gasteiger partial charge on any atom is -0.347 e. The topological polar surface area (TPSA) is 61.9 Å². The number of imidazole rings is 1. The normalized spacial score (nSPS) is 18.7. The Hall–Kier alpha value is -2.17. The quantitative estimate of drug-likeness (QED) is 0.938. The monoisotopic (exact) mass is 284 g/mol. The van der Waals surface area contributed by atoms with Crippen molar-refractivity contribution in [3.63, 3.8) is 0 Å². The zero-order valence-electron chi connectivity index (χ0n) is 12.0. The van der Waals surface area contributed by atoms with Gasteiger partial charge in [0.15, 0.2) is 0 Å². The summed E-state index contributed by atoms with van der Waals surface area (Å²) in [5.41, 5.74) is 1.16. The third-order valence-corrected chi connectivity index (χ3v) is 4.04. The highest BCUT2D eigenvalue weighted by molar-refractivity contribution is 5.77. The molecule has 1 aliphatic rings. The Morgan fingerprint density at radius 3 is 2.90 bits per heavy atom. The molecule has 0 bridgehead atoms. The van der Waals surface area contributed by atoms with E-state index in [4.69, 9.17) is 0 Å². The van der Waals surface area contributed by atoms with Gasteiger partial charge in [-0.1, -0.05) is 0 Å². The van der Waals surface area contributed by atoms with Gasteiger partial charge in [-0.05, 0) is 43.4 Å². The van der Waals surface area contributed by atoms with Crippen LogP contribution in [0.1, 0.15) is 43.1 Å². The van der Waals surface area contributed by atoms with Crippen molar-refractivity contribution in [1.82, 2.24) is 19.9 Å². The third kappa shape index (κ3) is 3.29. The molecule has 5 nitrogen and oxygen atoms in total. The van der Waals surface area contributed by atoms with E-state index in [9.17, 15) is 4.79 Å². The molecule has 110 valence electrons. The van der Waals surface area contributed by atoms with E-state index in [1.807, 2.05) is 23.2 Å². The first-order valence-corrected chi connectivity index (χ1v) is 7.52. The van der Waals surface area contributed by atoms with E-state index in [0.29, 0.717) is 6.42 Å². The Labute approximate surface area is 124 Å². The van der Waals surface area contributed by atoms with Crippen LogP contribution < -0.4 is 0 Å². The molecule has 1 fully saturated rings. The third-order valence-electron chi connectivity index (χ3n) is 4.04. The second kappa shape index (κ2) is 6.52. The van der Waals surface area contributed by atoms with E-state index in [0.717, 1.165) is 43.6 Å². The number of nitrogens with one attached hydrogen (secondary N) is 1. The molecule has 0 aromatic carbocycles. The Balaban J connectivity index is 1.64. The molecule has 1 saturated heterocycles. The lowest BCUT2D eigenvalue weighted by molar-refractivity contribution is -0.135. The summed E-state index contributed by atoms with van der Waals surface area (Å²) in [5, 5.41) is 0. The highest BCUT2D eigenvalue weighted by Gasteiger charge is 2.29. The number of aryl methyl sites for hydroxylation is 1. The van der Waals surface area contributed by atoms with Gasteiger partial charge in [-0.15, -0.1) is 0 Å². The highest BCUT2D eigenvalue weighted by Crippen LogP contribution is 2.29. The van der Waals surface area contributed by atoms with E-state index in [2.05, 4.69) is 15.0 Å². The van der Waals surface area contributed by atoms with Gasteiger partial charge in [0, 0.05) is 37.8 Å². The molecule has 21 heavy (non-hydrogen) atoms. The number of amides is 1. The molecule has 1 unspecified atom stereocenters. The predicted molar refractivity (Wildman–Crippen MR) is 79.5 cm³/mol. The van der Waals surface area contributed by atoms with E-state index in [1.54, 1.807) is 18.6 Å². The van der Waals surface area contributed by atoms with Crippen molar-refractivity contribution in [2.45, 2.75) is 38.1 Å². The second-order valence-corrected chi connectivity index (χ2v) is 5.43. The van der Waals surface area contributed by atoms with Crippen LogP contribution in [-0.2, 0) is 11.2 Å². The Kier molecular flexibility index (Phi) is 4.28. The number of piperidine rings is 1. The standard InChI is InChI=1S/C16H20N4O/c21-15(5-4-13-6-8-17-9-7-13)20-12-2-1-3-14(20)16-18-10-11-19-16/h6-11,14H,1-5,12H2,(H,18,19). The summed E-state index contributed by atoms with van der Waals surface area (Å²) in [6.07, 6.45) is 11.7. The fourth-order valence-corrected chi connectivity index (χ4v) is 2.92. The molecular formula is C16H20N4O. The van der Waals surface area contributed by atoms with Gasteiger partial charge in [-0.3, -0.25) is 9.78 Å². The lowest BCUT2D eigenvalue weighted by Gasteiger charge is -2.34. The van der Waals surface area contributed by atoms with Crippen LogP contribution in [0.15, 0.2) is 36.9 Å². The van der Waals surface area contributed by atoms with Crippen LogP contribution in [0.5, 0.6) is 0 Å². The van der Waals surface area contributed by atoms with Gasteiger partial charge in [0.2, 0.25) is 5.91 Å². The maximum atomic E-state index is 12.5. The average Bonchev–Trinajstić information content (AvgIpc) is 3.08. The number of carbonyl (C=O) groups excluding carboxylic acids is 1. The van der Waals surface area contributed by atoms with Crippen molar-refractivity contribution in [3.8, 4) is 0 Å². The van der Waals surface area contributed by atoms with Crippen molar-refractivity contribution in [2.24, 2.45) is 0 Å². The Bertz CT molecular complexity index is 567. The van der Waals surface area contributed by atoms with Gasteiger partial charge in [-0.25, -0.2) is 4.98 Å². The van der Waals surface area contributed by atoms with Gasteiger partial charge >= 0.3 is 0 Å². The number of aromatic amines is 1. The van der Waals surface area contributed by atoms with E-state index < -0.39 is 0 Å². The first-order chi connectivity index (χ1) is 10.3. The number of hydrogen-bond acceptors (Lipinski definition) is 3. The summed E-state index contributed by atoms with van der Waals surface area (Å²) >= 11 is 0. The summed E-state index contributed by atoms with van der Waals surface area (Å²) in [6, 6.07) is 4.04. The molecule has 1 N–H and O–H groups in total. The maximum Gasteiger partial charge on any atom is 0.223 e. The van der Waals surface area contributed by atoms with Crippen LogP contribution in [-0.4, -0.2) is 32.3 Å². The molecule has 0 spiro atoms. The highest BCUT2D eigenvalue weighted by atomic mass is 16.2. The summed E-state index contributed by atoms with van der Waals surface area (Å²) in [6.45, 7) is 0.834. The number of aromatic nitrogens is 3. The van der Waals surface area contributed by atoms with Crippen LogP contribution in [0.25, 0.3) is 0 Å². The second-order valence-electron chi connectivity index (χ2n) is 5.43. The molecule has 2 aromatic rings. The number of hydrogen-bond donors (Lipinski definition) is 1. The average molecular weight is 284 g/mol. The molecule has 1 amide bonds. The molecule has 3 heterocycles. The summed E-state index contributed by atoms with van der Waals surface area (Å²) in [5.74, 6) is 1.12. The van der Waals surface area contributed by atoms with Crippen LogP contribution in [0.4, 0.5) is 0 Å². The van der Waals surface area contributed by atoms with Gasteiger partial charge in [0.05, 0.1) is 6.04 Å². The van der Waals surface area contributed by atoms with Crippen molar-refractivity contribution < 1.29 is 4.79 Å². The lowest BCUT2D eigenvalue weighted by atomic mass is 10.0. The number of rotatable bonds is 4. The smallest absolute Gasteiger partial charge is 0.223 e. The Morgan fingerprint density at radius 2 is 2.14 bits per heavy atom. The van der Waals surface area contributed by atoms with Crippen LogP contribution in [0.2, 0.25) is 0 Å². The van der Waals surface area contributed by atoms with Gasteiger partial charge in [0.25, 0.3) is 0 Å². The summed E-state index contributed by atoms with van der Waals surface area (Å²) in [4.78, 5) is 26.0. The van der Waals surface area contributed by atoms with Crippen LogP contribution in [0, 0.1) is 0 Å².